The van der Waals surface area contributed by atoms with Crippen LogP contribution in [0.1, 0.15) is 24.0 Å². The molecule has 0 aromatic heterocycles. The summed E-state index contributed by atoms with van der Waals surface area (Å²) in [6.45, 7) is 4.04. The largest absolute Gasteiger partial charge is 0.396 e. The second-order valence-electron chi connectivity index (χ2n) is 4.40. The zero-order valence-corrected chi connectivity index (χ0v) is 9.67. The van der Waals surface area contributed by atoms with Gasteiger partial charge < -0.3 is 10.0 Å². The number of nitrogens with zero attached hydrogens (tertiary/aromatic N) is 1. The fraction of sp³-hybridized carbons (Fsp3) is 0.538. The Morgan fingerprint density at radius 1 is 1.44 bits per heavy atom. The van der Waals surface area contributed by atoms with Gasteiger partial charge in [-0.1, -0.05) is 0 Å². The van der Waals surface area contributed by atoms with Gasteiger partial charge in [-0.2, -0.15) is 0 Å². The third kappa shape index (κ3) is 2.19. The first kappa shape index (κ1) is 11.4. The van der Waals surface area contributed by atoms with Gasteiger partial charge in [0.1, 0.15) is 5.82 Å². The van der Waals surface area contributed by atoms with E-state index < -0.39 is 0 Å². The van der Waals surface area contributed by atoms with Crippen LogP contribution in [0.2, 0.25) is 0 Å². The summed E-state index contributed by atoms with van der Waals surface area (Å²) in [5, 5.41) is 8.87. The Morgan fingerprint density at radius 3 is 3.00 bits per heavy atom. The van der Waals surface area contributed by atoms with Crippen molar-refractivity contribution in [1.29, 1.82) is 0 Å². The minimum absolute atomic E-state index is 0.139. The van der Waals surface area contributed by atoms with Crippen LogP contribution in [0.5, 0.6) is 0 Å². The molecule has 0 saturated heterocycles. The first-order chi connectivity index (χ1) is 7.72. The molecule has 88 valence electrons. The molecule has 0 fully saturated rings. The summed E-state index contributed by atoms with van der Waals surface area (Å²) in [6, 6.07) is 3.24. The van der Waals surface area contributed by atoms with Crippen LogP contribution in [-0.4, -0.2) is 24.8 Å². The van der Waals surface area contributed by atoms with Crippen molar-refractivity contribution in [3.8, 4) is 0 Å². The third-order valence-electron chi connectivity index (χ3n) is 3.12. The first-order valence-corrected chi connectivity index (χ1v) is 5.87. The number of halogens is 1. The zero-order chi connectivity index (χ0) is 11.5. The van der Waals surface area contributed by atoms with Crippen molar-refractivity contribution in [2.45, 2.75) is 26.2 Å². The fourth-order valence-corrected chi connectivity index (χ4v) is 2.51. The molecule has 16 heavy (non-hydrogen) atoms. The van der Waals surface area contributed by atoms with E-state index in [0.717, 1.165) is 43.5 Å². The van der Waals surface area contributed by atoms with Gasteiger partial charge in [0.05, 0.1) is 0 Å². The van der Waals surface area contributed by atoms with Crippen LogP contribution in [0.3, 0.4) is 0 Å². The Morgan fingerprint density at radius 2 is 2.25 bits per heavy atom. The minimum Gasteiger partial charge on any atom is -0.396 e. The fourth-order valence-electron chi connectivity index (χ4n) is 2.51. The maximum atomic E-state index is 13.3. The van der Waals surface area contributed by atoms with Gasteiger partial charge in [0, 0.05) is 25.4 Å². The molecular formula is C13H18FNO. The monoisotopic (exact) mass is 223 g/mol. The van der Waals surface area contributed by atoms with Crippen LogP contribution >= 0.6 is 0 Å². The molecule has 1 aliphatic rings. The van der Waals surface area contributed by atoms with Crippen LogP contribution in [0.15, 0.2) is 12.1 Å². The van der Waals surface area contributed by atoms with Crippen LogP contribution < -0.4 is 4.90 Å². The quantitative estimate of drug-likeness (QED) is 0.849. The third-order valence-corrected chi connectivity index (χ3v) is 3.12. The van der Waals surface area contributed by atoms with Crippen molar-refractivity contribution in [1.82, 2.24) is 0 Å². The van der Waals surface area contributed by atoms with Crippen molar-refractivity contribution in [2.75, 3.05) is 24.6 Å². The van der Waals surface area contributed by atoms with Gasteiger partial charge in [-0.05, 0) is 49.4 Å². The Balaban J connectivity index is 2.30. The van der Waals surface area contributed by atoms with E-state index in [2.05, 4.69) is 4.90 Å². The van der Waals surface area contributed by atoms with Crippen molar-refractivity contribution >= 4 is 5.69 Å². The van der Waals surface area contributed by atoms with Gasteiger partial charge in [-0.15, -0.1) is 0 Å². The summed E-state index contributed by atoms with van der Waals surface area (Å²) >= 11 is 0. The molecule has 0 atom stereocenters. The minimum atomic E-state index is -0.139. The molecule has 0 unspecified atom stereocenters. The van der Waals surface area contributed by atoms with Crippen molar-refractivity contribution in [3.05, 3.63) is 29.1 Å². The molecule has 3 heteroatoms. The lowest BCUT2D eigenvalue weighted by Gasteiger charge is -2.32. The second-order valence-corrected chi connectivity index (χ2v) is 4.40. The van der Waals surface area contributed by atoms with E-state index in [1.165, 1.54) is 5.69 Å². The molecule has 2 nitrogen and oxygen atoms in total. The smallest absolute Gasteiger partial charge is 0.123 e. The molecule has 1 aromatic carbocycles. The Hall–Kier alpha value is -1.09. The highest BCUT2D eigenvalue weighted by Gasteiger charge is 2.19. The Kier molecular flexibility index (Phi) is 3.44. The van der Waals surface area contributed by atoms with Crippen LogP contribution in [0.25, 0.3) is 0 Å². The summed E-state index contributed by atoms with van der Waals surface area (Å²) in [4.78, 5) is 2.27. The number of aryl methyl sites for hydroxylation is 2. The predicted octanol–water partition coefficient (Wildman–Crippen LogP) is 2.27. The molecule has 2 rings (SSSR count). The maximum Gasteiger partial charge on any atom is 0.123 e. The molecule has 0 amide bonds. The molecule has 0 bridgehead atoms. The summed E-state index contributed by atoms with van der Waals surface area (Å²) in [7, 11) is 0. The summed E-state index contributed by atoms with van der Waals surface area (Å²) in [6.07, 6.45) is 2.81. The average Bonchev–Trinajstić information content (AvgIpc) is 2.25. The topological polar surface area (TPSA) is 23.5 Å². The van der Waals surface area contributed by atoms with Gasteiger partial charge in [-0.3, -0.25) is 0 Å². The number of fused-ring (bicyclic) bond motifs is 1. The van der Waals surface area contributed by atoms with Gasteiger partial charge in [0.15, 0.2) is 0 Å². The Labute approximate surface area is 95.7 Å². The number of aliphatic hydroxyl groups excluding tert-OH is 1. The second kappa shape index (κ2) is 4.83. The molecule has 0 saturated carbocycles. The summed E-state index contributed by atoms with van der Waals surface area (Å²) in [5.74, 6) is -0.139. The van der Waals surface area contributed by atoms with E-state index in [1.807, 2.05) is 6.92 Å². The van der Waals surface area contributed by atoms with E-state index >= 15 is 0 Å². The van der Waals surface area contributed by atoms with E-state index in [-0.39, 0.29) is 12.4 Å². The number of rotatable bonds is 3. The number of benzene rings is 1. The SMILES string of the molecule is Cc1cc(F)cc2c1N(CCCO)CCC2. The van der Waals surface area contributed by atoms with E-state index in [9.17, 15) is 4.39 Å². The highest BCUT2D eigenvalue weighted by molar-refractivity contribution is 5.61. The van der Waals surface area contributed by atoms with Crippen LogP contribution in [0.4, 0.5) is 10.1 Å². The highest BCUT2D eigenvalue weighted by atomic mass is 19.1. The zero-order valence-electron chi connectivity index (χ0n) is 9.67. The van der Waals surface area contributed by atoms with Gasteiger partial charge in [0.2, 0.25) is 0 Å². The molecule has 1 heterocycles. The molecule has 0 radical (unpaired) electrons. The standard InChI is InChI=1S/C13H18FNO/c1-10-8-12(14)9-11-4-2-5-15(13(10)11)6-3-7-16/h8-9,16H,2-7H2,1H3. The lowest BCUT2D eigenvalue weighted by atomic mass is 9.98. The molecule has 1 aromatic rings. The summed E-state index contributed by atoms with van der Waals surface area (Å²) in [5.41, 5.74) is 3.30. The molecular weight excluding hydrogens is 205 g/mol. The van der Waals surface area contributed by atoms with Gasteiger partial charge >= 0.3 is 0 Å². The predicted molar refractivity (Wildman–Crippen MR) is 63.4 cm³/mol. The maximum absolute atomic E-state index is 13.3. The molecule has 1 N–H and O–H groups in total. The normalized spacial score (nSPS) is 15.1. The number of anilines is 1. The summed E-state index contributed by atoms with van der Waals surface area (Å²) < 4.78 is 13.3. The molecule has 0 aliphatic carbocycles. The Bertz CT molecular complexity index is 378. The van der Waals surface area contributed by atoms with E-state index in [0.29, 0.717) is 0 Å². The van der Waals surface area contributed by atoms with Crippen LogP contribution in [0, 0.1) is 12.7 Å². The van der Waals surface area contributed by atoms with Gasteiger partial charge in [-0.25, -0.2) is 4.39 Å². The van der Waals surface area contributed by atoms with E-state index in [1.54, 1.807) is 12.1 Å². The van der Waals surface area contributed by atoms with Crippen LogP contribution in [-0.2, 0) is 6.42 Å². The molecule has 1 aliphatic heterocycles. The number of hydrogen-bond acceptors (Lipinski definition) is 2. The van der Waals surface area contributed by atoms with Crippen molar-refractivity contribution in [2.24, 2.45) is 0 Å². The first-order valence-electron chi connectivity index (χ1n) is 5.87. The van der Waals surface area contributed by atoms with Crippen molar-refractivity contribution < 1.29 is 9.50 Å². The number of aliphatic hydroxyl groups is 1. The lowest BCUT2D eigenvalue weighted by molar-refractivity contribution is 0.289. The average molecular weight is 223 g/mol. The highest BCUT2D eigenvalue weighted by Crippen LogP contribution is 2.31. The van der Waals surface area contributed by atoms with E-state index in [4.69, 9.17) is 5.11 Å². The molecule has 0 spiro atoms. The number of hydrogen-bond donors (Lipinski definition) is 1. The van der Waals surface area contributed by atoms with Crippen molar-refractivity contribution in [3.63, 3.8) is 0 Å². The van der Waals surface area contributed by atoms with Gasteiger partial charge in [0.25, 0.3) is 0 Å². The lowest BCUT2D eigenvalue weighted by Crippen LogP contribution is -2.31.